The van der Waals surface area contributed by atoms with E-state index in [0.29, 0.717) is 23.2 Å². The van der Waals surface area contributed by atoms with Gasteiger partial charge in [-0.15, -0.1) is 0 Å². The van der Waals surface area contributed by atoms with Crippen LogP contribution in [0.1, 0.15) is 22.2 Å². The fraction of sp³-hybridized carbons (Fsp3) is 0.111. The van der Waals surface area contributed by atoms with Gasteiger partial charge in [0.05, 0.1) is 6.54 Å². The summed E-state index contributed by atoms with van der Waals surface area (Å²) >= 11 is 5.85. The van der Waals surface area contributed by atoms with Crippen LogP contribution < -0.4 is 0 Å². The SMILES string of the molecule is O=C(OCc1nc(-c2ccc(Cl)cc2)no1)c1ccc(Cn2cccn2)o1. The molecule has 0 aliphatic carbocycles. The number of carbonyl (C=O) groups is 1. The van der Waals surface area contributed by atoms with Crippen molar-refractivity contribution in [1.29, 1.82) is 0 Å². The molecule has 0 fully saturated rings. The summed E-state index contributed by atoms with van der Waals surface area (Å²) in [5, 5.41) is 8.55. The highest BCUT2D eigenvalue weighted by Crippen LogP contribution is 2.19. The highest BCUT2D eigenvalue weighted by molar-refractivity contribution is 6.30. The molecule has 4 rings (SSSR count). The lowest BCUT2D eigenvalue weighted by Crippen LogP contribution is -2.04. The molecule has 3 aromatic heterocycles. The van der Waals surface area contributed by atoms with Gasteiger partial charge in [-0.2, -0.15) is 10.1 Å². The van der Waals surface area contributed by atoms with Crippen LogP contribution in [0.3, 0.4) is 0 Å². The Hall–Kier alpha value is -3.39. The van der Waals surface area contributed by atoms with Crippen LogP contribution in [-0.2, 0) is 17.9 Å². The predicted octanol–water partition coefficient (Wildman–Crippen LogP) is 3.58. The van der Waals surface area contributed by atoms with Crippen molar-refractivity contribution in [1.82, 2.24) is 19.9 Å². The standard InChI is InChI=1S/C18H13ClN4O4/c19-13-4-2-12(3-5-13)17-21-16(27-22-17)11-25-18(24)15-7-6-14(26-15)10-23-9-1-8-20-23/h1-9H,10-11H2. The van der Waals surface area contributed by atoms with Gasteiger partial charge in [0.25, 0.3) is 5.89 Å². The zero-order chi connectivity index (χ0) is 18.6. The van der Waals surface area contributed by atoms with Crippen molar-refractivity contribution >= 4 is 17.6 Å². The van der Waals surface area contributed by atoms with Crippen molar-refractivity contribution in [2.45, 2.75) is 13.2 Å². The molecule has 0 saturated carbocycles. The summed E-state index contributed by atoms with van der Waals surface area (Å²) in [7, 11) is 0. The van der Waals surface area contributed by atoms with Crippen molar-refractivity contribution in [2.75, 3.05) is 0 Å². The second-order valence-corrected chi connectivity index (χ2v) is 6.00. The molecule has 0 unspecified atom stereocenters. The number of benzene rings is 1. The smallest absolute Gasteiger partial charge is 0.374 e. The van der Waals surface area contributed by atoms with Gasteiger partial charge in [-0.25, -0.2) is 4.79 Å². The molecule has 27 heavy (non-hydrogen) atoms. The first-order valence-electron chi connectivity index (χ1n) is 7.99. The van der Waals surface area contributed by atoms with Gasteiger partial charge in [-0.1, -0.05) is 16.8 Å². The summed E-state index contributed by atoms with van der Waals surface area (Å²) in [5.41, 5.74) is 0.745. The maximum absolute atomic E-state index is 12.1. The Morgan fingerprint density at radius 1 is 1.19 bits per heavy atom. The molecule has 3 heterocycles. The maximum Gasteiger partial charge on any atom is 0.374 e. The van der Waals surface area contributed by atoms with E-state index in [4.69, 9.17) is 25.3 Å². The van der Waals surface area contributed by atoms with Crippen LogP contribution in [0.25, 0.3) is 11.4 Å². The molecule has 0 saturated heterocycles. The fourth-order valence-corrected chi connectivity index (χ4v) is 2.48. The number of carbonyl (C=O) groups excluding carboxylic acids is 1. The first kappa shape index (κ1) is 17.0. The Labute approximate surface area is 158 Å². The molecule has 0 aliphatic heterocycles. The maximum atomic E-state index is 12.1. The first-order chi connectivity index (χ1) is 13.2. The van der Waals surface area contributed by atoms with Crippen LogP contribution in [0, 0.1) is 0 Å². The Kier molecular flexibility index (Phi) is 4.71. The second kappa shape index (κ2) is 7.46. The minimum Gasteiger partial charge on any atom is -0.452 e. The number of hydrogen-bond acceptors (Lipinski definition) is 7. The van der Waals surface area contributed by atoms with Crippen molar-refractivity contribution in [3.8, 4) is 11.4 Å². The van der Waals surface area contributed by atoms with Gasteiger partial charge in [0.15, 0.2) is 6.61 Å². The number of hydrogen-bond donors (Lipinski definition) is 0. The lowest BCUT2D eigenvalue weighted by molar-refractivity contribution is 0.0391. The van der Waals surface area contributed by atoms with E-state index in [9.17, 15) is 4.79 Å². The summed E-state index contributed by atoms with van der Waals surface area (Å²) < 4.78 is 17.4. The summed E-state index contributed by atoms with van der Waals surface area (Å²) in [6, 6.07) is 12.0. The Bertz CT molecular complexity index is 1040. The largest absolute Gasteiger partial charge is 0.452 e. The van der Waals surface area contributed by atoms with Crippen LogP contribution in [0.5, 0.6) is 0 Å². The Morgan fingerprint density at radius 3 is 2.81 bits per heavy atom. The molecular formula is C18H13ClN4O4. The van der Waals surface area contributed by atoms with E-state index >= 15 is 0 Å². The van der Waals surface area contributed by atoms with E-state index in [1.54, 1.807) is 59.5 Å². The van der Waals surface area contributed by atoms with Crippen molar-refractivity contribution in [3.63, 3.8) is 0 Å². The Morgan fingerprint density at radius 2 is 2.04 bits per heavy atom. The van der Waals surface area contributed by atoms with Gasteiger partial charge in [-0.05, 0) is 42.5 Å². The molecule has 0 radical (unpaired) electrons. The first-order valence-corrected chi connectivity index (χ1v) is 8.37. The van der Waals surface area contributed by atoms with Gasteiger partial charge < -0.3 is 13.7 Å². The molecule has 9 heteroatoms. The molecular weight excluding hydrogens is 372 g/mol. The van der Waals surface area contributed by atoms with Crippen molar-refractivity contribution in [3.05, 3.63) is 77.3 Å². The summed E-state index contributed by atoms with van der Waals surface area (Å²) in [6.07, 6.45) is 3.47. The fourth-order valence-electron chi connectivity index (χ4n) is 2.35. The quantitative estimate of drug-likeness (QED) is 0.468. The summed E-state index contributed by atoms with van der Waals surface area (Å²) in [4.78, 5) is 16.3. The van der Waals surface area contributed by atoms with E-state index in [2.05, 4.69) is 15.2 Å². The normalized spacial score (nSPS) is 10.9. The highest BCUT2D eigenvalue weighted by atomic mass is 35.5. The minimum absolute atomic E-state index is 0.0922. The lowest BCUT2D eigenvalue weighted by atomic mass is 10.2. The molecule has 8 nitrogen and oxygen atoms in total. The Balaban J connectivity index is 1.35. The average Bonchev–Trinajstić information content (AvgIpc) is 3.43. The van der Waals surface area contributed by atoms with Gasteiger partial charge in [0, 0.05) is 23.0 Å². The van der Waals surface area contributed by atoms with Crippen LogP contribution in [0.4, 0.5) is 0 Å². The third-order valence-electron chi connectivity index (χ3n) is 3.64. The third-order valence-corrected chi connectivity index (χ3v) is 3.89. The highest BCUT2D eigenvalue weighted by Gasteiger charge is 2.16. The monoisotopic (exact) mass is 384 g/mol. The van der Waals surface area contributed by atoms with Gasteiger partial charge in [-0.3, -0.25) is 4.68 Å². The zero-order valence-electron chi connectivity index (χ0n) is 13.9. The number of rotatable bonds is 6. The molecule has 0 N–H and O–H groups in total. The zero-order valence-corrected chi connectivity index (χ0v) is 14.7. The summed E-state index contributed by atoms with van der Waals surface area (Å²) in [5.74, 6) is 0.630. The molecule has 4 aromatic rings. The van der Waals surface area contributed by atoms with Crippen LogP contribution in [0.2, 0.25) is 5.02 Å². The van der Waals surface area contributed by atoms with E-state index in [1.807, 2.05) is 0 Å². The van der Waals surface area contributed by atoms with Crippen LogP contribution in [-0.4, -0.2) is 25.9 Å². The van der Waals surface area contributed by atoms with E-state index < -0.39 is 5.97 Å². The number of ether oxygens (including phenoxy) is 1. The number of nitrogens with zero attached hydrogens (tertiary/aromatic N) is 4. The number of esters is 1. The molecule has 0 atom stereocenters. The molecule has 136 valence electrons. The average molecular weight is 385 g/mol. The van der Waals surface area contributed by atoms with Gasteiger partial charge in [0.1, 0.15) is 5.76 Å². The number of furan rings is 1. The number of aromatic nitrogens is 4. The molecule has 0 aliphatic rings. The van der Waals surface area contributed by atoms with E-state index in [0.717, 1.165) is 5.56 Å². The molecule has 0 amide bonds. The molecule has 0 bridgehead atoms. The van der Waals surface area contributed by atoms with Crippen LogP contribution >= 0.6 is 11.6 Å². The lowest BCUT2D eigenvalue weighted by Gasteiger charge is -1.99. The minimum atomic E-state index is -0.618. The van der Waals surface area contributed by atoms with Crippen molar-refractivity contribution in [2.24, 2.45) is 0 Å². The van der Waals surface area contributed by atoms with Gasteiger partial charge >= 0.3 is 5.97 Å². The molecule has 1 aromatic carbocycles. The predicted molar refractivity (Wildman–Crippen MR) is 93.9 cm³/mol. The topological polar surface area (TPSA) is 96.2 Å². The summed E-state index contributed by atoms with van der Waals surface area (Å²) in [6.45, 7) is 0.267. The van der Waals surface area contributed by atoms with E-state index in [1.165, 1.54) is 0 Å². The second-order valence-electron chi connectivity index (χ2n) is 5.56. The molecule has 0 spiro atoms. The van der Waals surface area contributed by atoms with Gasteiger partial charge in [0.2, 0.25) is 11.6 Å². The van der Waals surface area contributed by atoms with E-state index in [-0.39, 0.29) is 18.3 Å². The number of halogens is 1. The third kappa shape index (κ3) is 4.06. The van der Waals surface area contributed by atoms with Crippen LogP contribution in [0.15, 0.2) is 63.8 Å². The van der Waals surface area contributed by atoms with Crippen molar-refractivity contribution < 1.29 is 18.5 Å².